The number of amides is 2. The summed E-state index contributed by atoms with van der Waals surface area (Å²) in [7, 11) is 3.35. The van der Waals surface area contributed by atoms with E-state index in [1.54, 1.807) is 21.0 Å². The lowest BCUT2D eigenvalue weighted by molar-refractivity contribution is -0.134. The van der Waals surface area contributed by atoms with Gasteiger partial charge >= 0.3 is 0 Å². The summed E-state index contributed by atoms with van der Waals surface area (Å²) in [6.45, 7) is 1.69. The molecule has 2 amide bonds. The molecule has 0 aromatic rings. The Morgan fingerprint density at radius 3 is 2.35 bits per heavy atom. The second-order valence-corrected chi connectivity index (χ2v) is 5.27. The molecule has 3 N–H and O–H groups in total. The molecule has 0 bridgehead atoms. The molecule has 17 heavy (non-hydrogen) atoms. The average Bonchev–Trinajstić information content (AvgIpc) is 2.62. The summed E-state index contributed by atoms with van der Waals surface area (Å²) in [5, 5.41) is 2.70. The molecule has 1 aliphatic rings. The number of carbonyl (C=O) groups excluding carboxylic acids is 2. The number of nitrogens with zero attached hydrogens (tertiary/aromatic N) is 1. The Bertz CT molecular complexity index is 296. The van der Waals surface area contributed by atoms with Crippen LogP contribution >= 0.6 is 0 Å². The fraction of sp³-hybridized carbons (Fsp3) is 0.833. The van der Waals surface area contributed by atoms with Crippen molar-refractivity contribution in [2.75, 3.05) is 14.1 Å². The summed E-state index contributed by atoms with van der Waals surface area (Å²) in [5.74, 6) is -0.229. The van der Waals surface area contributed by atoms with E-state index in [4.69, 9.17) is 5.73 Å². The van der Waals surface area contributed by atoms with E-state index >= 15 is 0 Å². The second kappa shape index (κ2) is 5.49. The maximum atomic E-state index is 11.8. The molecule has 0 heterocycles. The number of hydrogen-bond donors (Lipinski definition) is 2. The van der Waals surface area contributed by atoms with Crippen LogP contribution in [0.3, 0.4) is 0 Å². The van der Waals surface area contributed by atoms with Gasteiger partial charge in [-0.15, -0.1) is 0 Å². The summed E-state index contributed by atoms with van der Waals surface area (Å²) in [6.07, 6.45) is 4.30. The number of nitrogens with one attached hydrogen (secondary N) is 1. The van der Waals surface area contributed by atoms with E-state index in [2.05, 4.69) is 5.32 Å². The van der Waals surface area contributed by atoms with Crippen molar-refractivity contribution in [1.29, 1.82) is 0 Å². The smallest absolute Gasteiger partial charge is 0.244 e. The fourth-order valence-electron chi connectivity index (χ4n) is 2.32. The van der Waals surface area contributed by atoms with Crippen molar-refractivity contribution in [2.24, 2.45) is 5.73 Å². The summed E-state index contributed by atoms with van der Waals surface area (Å²) in [6, 6.07) is -0.484. The second-order valence-electron chi connectivity index (χ2n) is 5.27. The lowest BCUT2D eigenvalue weighted by Crippen LogP contribution is -2.48. The van der Waals surface area contributed by atoms with Crippen LogP contribution in [-0.2, 0) is 9.59 Å². The Kier molecular flexibility index (Phi) is 4.51. The van der Waals surface area contributed by atoms with Crippen molar-refractivity contribution in [2.45, 2.75) is 50.6 Å². The van der Waals surface area contributed by atoms with Crippen LogP contribution in [0.15, 0.2) is 0 Å². The SMILES string of the molecule is CC(NC(=O)CC1(N)CCCC1)C(=O)N(C)C. The van der Waals surface area contributed by atoms with Gasteiger partial charge in [0, 0.05) is 26.1 Å². The molecule has 0 aromatic carbocycles. The quantitative estimate of drug-likeness (QED) is 0.740. The molecular weight excluding hydrogens is 218 g/mol. The minimum absolute atomic E-state index is 0.101. The van der Waals surface area contributed by atoms with Crippen LogP contribution < -0.4 is 11.1 Å². The highest BCUT2D eigenvalue weighted by molar-refractivity contribution is 5.87. The van der Waals surface area contributed by atoms with Crippen LogP contribution in [-0.4, -0.2) is 42.4 Å². The van der Waals surface area contributed by atoms with E-state index in [0.717, 1.165) is 25.7 Å². The zero-order valence-electron chi connectivity index (χ0n) is 11.0. The standard InChI is InChI=1S/C12H23N3O2/c1-9(11(17)15(2)3)14-10(16)8-12(13)6-4-5-7-12/h9H,4-8,13H2,1-3H3,(H,14,16). The summed E-state index contributed by atoms with van der Waals surface area (Å²) in [4.78, 5) is 24.8. The summed E-state index contributed by atoms with van der Waals surface area (Å²) in [5.41, 5.74) is 5.76. The lowest BCUT2D eigenvalue weighted by Gasteiger charge is -2.24. The molecular formula is C12H23N3O2. The number of likely N-dealkylation sites (N-methyl/N-ethyl adjacent to an activating group) is 1. The Morgan fingerprint density at radius 1 is 1.35 bits per heavy atom. The number of hydrogen-bond acceptors (Lipinski definition) is 3. The van der Waals surface area contributed by atoms with Crippen LogP contribution in [0.5, 0.6) is 0 Å². The van der Waals surface area contributed by atoms with Crippen molar-refractivity contribution < 1.29 is 9.59 Å². The molecule has 0 saturated heterocycles. The first-order chi connectivity index (χ1) is 7.84. The van der Waals surface area contributed by atoms with Gasteiger partial charge in [-0.2, -0.15) is 0 Å². The van der Waals surface area contributed by atoms with Crippen LogP contribution in [0, 0.1) is 0 Å². The molecule has 5 nitrogen and oxygen atoms in total. The normalized spacial score (nSPS) is 19.8. The van der Waals surface area contributed by atoms with Gasteiger partial charge in [-0.3, -0.25) is 9.59 Å². The van der Waals surface area contributed by atoms with Crippen LogP contribution in [0.2, 0.25) is 0 Å². The molecule has 1 rings (SSSR count). The van der Waals surface area contributed by atoms with Crippen molar-refractivity contribution >= 4 is 11.8 Å². The first-order valence-electron chi connectivity index (χ1n) is 6.13. The predicted octanol–water partition coefficient (Wildman–Crippen LogP) is 0.241. The highest BCUT2D eigenvalue weighted by Crippen LogP contribution is 2.29. The van der Waals surface area contributed by atoms with Crippen LogP contribution in [0.25, 0.3) is 0 Å². The first-order valence-corrected chi connectivity index (χ1v) is 6.13. The van der Waals surface area contributed by atoms with Gasteiger partial charge < -0.3 is 16.0 Å². The minimum atomic E-state index is -0.484. The van der Waals surface area contributed by atoms with E-state index < -0.39 is 6.04 Å². The minimum Gasteiger partial charge on any atom is -0.347 e. The Morgan fingerprint density at radius 2 is 1.88 bits per heavy atom. The molecule has 1 atom stereocenters. The van der Waals surface area contributed by atoms with Crippen LogP contribution in [0.4, 0.5) is 0 Å². The average molecular weight is 241 g/mol. The van der Waals surface area contributed by atoms with E-state index in [1.165, 1.54) is 4.90 Å². The number of carbonyl (C=O) groups is 2. The van der Waals surface area contributed by atoms with Crippen molar-refractivity contribution in [3.8, 4) is 0 Å². The van der Waals surface area contributed by atoms with Crippen molar-refractivity contribution in [1.82, 2.24) is 10.2 Å². The third kappa shape index (κ3) is 4.00. The monoisotopic (exact) mass is 241 g/mol. The lowest BCUT2D eigenvalue weighted by atomic mass is 9.94. The van der Waals surface area contributed by atoms with Gasteiger partial charge in [0.1, 0.15) is 6.04 Å². The molecule has 1 fully saturated rings. The Balaban J connectivity index is 2.41. The Hall–Kier alpha value is -1.10. The number of rotatable bonds is 4. The zero-order valence-corrected chi connectivity index (χ0v) is 11.0. The number of nitrogens with two attached hydrogens (primary N) is 1. The van der Waals surface area contributed by atoms with Crippen molar-refractivity contribution in [3.63, 3.8) is 0 Å². The largest absolute Gasteiger partial charge is 0.347 e. The topological polar surface area (TPSA) is 75.4 Å². The molecule has 5 heteroatoms. The highest BCUT2D eigenvalue weighted by Gasteiger charge is 2.32. The molecule has 1 unspecified atom stereocenters. The van der Waals surface area contributed by atoms with Crippen LogP contribution in [0.1, 0.15) is 39.0 Å². The molecule has 0 spiro atoms. The van der Waals surface area contributed by atoms with Gasteiger partial charge in [0.15, 0.2) is 0 Å². The van der Waals surface area contributed by atoms with E-state index in [-0.39, 0.29) is 17.4 Å². The maximum absolute atomic E-state index is 11.8. The molecule has 0 aromatic heterocycles. The van der Waals surface area contributed by atoms with Gasteiger partial charge in [-0.05, 0) is 19.8 Å². The molecule has 98 valence electrons. The fourth-order valence-corrected chi connectivity index (χ4v) is 2.32. The van der Waals surface area contributed by atoms with E-state index in [0.29, 0.717) is 6.42 Å². The predicted molar refractivity (Wildman–Crippen MR) is 66.3 cm³/mol. The zero-order chi connectivity index (χ0) is 13.1. The maximum Gasteiger partial charge on any atom is 0.244 e. The third-order valence-electron chi connectivity index (χ3n) is 3.30. The Labute approximate surface area is 103 Å². The van der Waals surface area contributed by atoms with Gasteiger partial charge in [-0.1, -0.05) is 12.8 Å². The third-order valence-corrected chi connectivity index (χ3v) is 3.30. The molecule has 1 aliphatic carbocycles. The highest BCUT2D eigenvalue weighted by atomic mass is 16.2. The molecule has 1 saturated carbocycles. The summed E-state index contributed by atoms with van der Waals surface area (Å²) < 4.78 is 0. The van der Waals surface area contributed by atoms with Gasteiger partial charge in [0.25, 0.3) is 0 Å². The first kappa shape index (κ1) is 14.0. The van der Waals surface area contributed by atoms with Gasteiger partial charge in [-0.25, -0.2) is 0 Å². The molecule has 0 aliphatic heterocycles. The summed E-state index contributed by atoms with van der Waals surface area (Å²) >= 11 is 0. The molecule has 0 radical (unpaired) electrons. The van der Waals surface area contributed by atoms with Gasteiger partial charge in [0.05, 0.1) is 0 Å². The van der Waals surface area contributed by atoms with Crippen molar-refractivity contribution in [3.05, 3.63) is 0 Å². The van der Waals surface area contributed by atoms with E-state index in [9.17, 15) is 9.59 Å². The van der Waals surface area contributed by atoms with Gasteiger partial charge in [0.2, 0.25) is 11.8 Å². The van der Waals surface area contributed by atoms with E-state index in [1.807, 2.05) is 0 Å².